The zero-order valence-electron chi connectivity index (χ0n) is 10.2. The highest BCUT2D eigenvalue weighted by Crippen LogP contribution is 2.26. The summed E-state index contributed by atoms with van der Waals surface area (Å²) in [6.45, 7) is 4.22. The predicted octanol–water partition coefficient (Wildman–Crippen LogP) is 4.07. The molecule has 2 aromatic heterocycles. The van der Waals surface area contributed by atoms with E-state index in [0.717, 1.165) is 20.8 Å². The van der Waals surface area contributed by atoms with Gasteiger partial charge in [0.2, 0.25) is 0 Å². The van der Waals surface area contributed by atoms with Crippen LogP contribution in [0.25, 0.3) is 11.0 Å². The van der Waals surface area contributed by atoms with Crippen LogP contribution in [0.2, 0.25) is 0 Å². The summed E-state index contributed by atoms with van der Waals surface area (Å²) in [4.78, 5) is 7.63. The number of H-pyrrole nitrogens is 1. The Morgan fingerprint density at radius 1 is 1.44 bits per heavy atom. The second-order valence-electron chi connectivity index (χ2n) is 4.37. The molecular formula is C13H13N3S2. The maximum absolute atomic E-state index is 5.43. The van der Waals surface area contributed by atoms with Gasteiger partial charge in [-0.25, -0.2) is 4.98 Å². The van der Waals surface area contributed by atoms with E-state index in [9.17, 15) is 0 Å². The number of thiazole rings is 1. The van der Waals surface area contributed by atoms with E-state index in [2.05, 4.69) is 46.6 Å². The van der Waals surface area contributed by atoms with Crippen LogP contribution in [0.3, 0.4) is 0 Å². The van der Waals surface area contributed by atoms with Crippen LogP contribution in [0, 0.1) is 11.7 Å². The summed E-state index contributed by atoms with van der Waals surface area (Å²) in [6.07, 6.45) is 1.83. The first-order chi connectivity index (χ1) is 8.66. The number of imidazole rings is 1. The predicted molar refractivity (Wildman–Crippen MR) is 77.8 cm³/mol. The molecule has 3 rings (SSSR count). The largest absolute Gasteiger partial charge is 0.331 e. The van der Waals surface area contributed by atoms with E-state index in [1.165, 1.54) is 5.56 Å². The minimum Gasteiger partial charge on any atom is -0.331 e. The van der Waals surface area contributed by atoms with Gasteiger partial charge in [0.15, 0.2) is 4.77 Å². The number of fused-ring (bicyclic) bond motifs is 1. The van der Waals surface area contributed by atoms with Crippen LogP contribution in [-0.4, -0.2) is 14.5 Å². The summed E-state index contributed by atoms with van der Waals surface area (Å²) in [5.74, 6) is 0. The summed E-state index contributed by atoms with van der Waals surface area (Å²) in [7, 11) is 0. The molecule has 0 aliphatic heterocycles. The van der Waals surface area contributed by atoms with Gasteiger partial charge in [-0.3, -0.25) is 0 Å². The van der Waals surface area contributed by atoms with Gasteiger partial charge in [0.05, 0.1) is 17.1 Å². The van der Waals surface area contributed by atoms with Gasteiger partial charge < -0.3 is 9.55 Å². The topological polar surface area (TPSA) is 33.6 Å². The number of benzene rings is 1. The minimum atomic E-state index is 0.160. The van der Waals surface area contributed by atoms with Gasteiger partial charge in [-0.1, -0.05) is 6.07 Å². The van der Waals surface area contributed by atoms with Crippen LogP contribution in [-0.2, 0) is 0 Å². The fraction of sp³-hybridized carbons (Fsp3) is 0.231. The second kappa shape index (κ2) is 4.33. The number of hydrogen-bond acceptors (Lipinski definition) is 3. The van der Waals surface area contributed by atoms with Crippen LogP contribution in [0.1, 0.15) is 23.5 Å². The lowest BCUT2D eigenvalue weighted by atomic mass is 10.2. The summed E-state index contributed by atoms with van der Waals surface area (Å²) >= 11 is 7.09. The monoisotopic (exact) mass is 275 g/mol. The fourth-order valence-electron chi connectivity index (χ4n) is 2.17. The Morgan fingerprint density at radius 3 is 3.00 bits per heavy atom. The number of hydrogen-bond donors (Lipinski definition) is 1. The first kappa shape index (κ1) is 11.6. The molecule has 0 fully saturated rings. The Hall–Kier alpha value is -1.46. The van der Waals surface area contributed by atoms with Crippen LogP contribution in [0.5, 0.6) is 0 Å². The van der Waals surface area contributed by atoms with Crippen molar-refractivity contribution in [3.8, 4) is 0 Å². The van der Waals surface area contributed by atoms with Crippen molar-refractivity contribution < 1.29 is 0 Å². The van der Waals surface area contributed by atoms with E-state index >= 15 is 0 Å². The van der Waals surface area contributed by atoms with Crippen molar-refractivity contribution in [3.05, 3.63) is 45.1 Å². The number of aromatic nitrogens is 3. The maximum Gasteiger partial charge on any atom is 0.178 e. The molecule has 3 nitrogen and oxygen atoms in total. The molecular weight excluding hydrogens is 262 g/mol. The van der Waals surface area contributed by atoms with E-state index in [0.29, 0.717) is 0 Å². The van der Waals surface area contributed by atoms with Gasteiger partial charge in [-0.15, -0.1) is 11.3 Å². The first-order valence-electron chi connectivity index (χ1n) is 5.77. The van der Waals surface area contributed by atoms with Crippen LogP contribution >= 0.6 is 23.6 Å². The smallest absolute Gasteiger partial charge is 0.178 e. The standard InChI is InChI=1S/C13H13N3S2/c1-8-3-4-10-11(7-8)16(13(17)15-10)9(2)12-14-5-6-18-12/h3-7,9H,1-2H3,(H,15,17). The fourth-order valence-corrected chi connectivity index (χ4v) is 3.22. The molecule has 1 unspecified atom stereocenters. The highest BCUT2D eigenvalue weighted by atomic mass is 32.1. The Balaban J connectivity index is 2.25. The third-order valence-electron chi connectivity index (χ3n) is 3.07. The van der Waals surface area contributed by atoms with Crippen molar-refractivity contribution in [2.75, 3.05) is 0 Å². The van der Waals surface area contributed by atoms with Gasteiger partial charge in [-0.05, 0) is 43.8 Å². The molecule has 0 saturated carbocycles. The van der Waals surface area contributed by atoms with Gasteiger partial charge in [0.1, 0.15) is 5.01 Å². The average Bonchev–Trinajstić information content (AvgIpc) is 2.94. The number of nitrogens with one attached hydrogen (secondary N) is 1. The maximum atomic E-state index is 5.43. The van der Waals surface area contributed by atoms with Crippen molar-refractivity contribution in [2.45, 2.75) is 19.9 Å². The number of aromatic amines is 1. The molecule has 0 saturated heterocycles. The Kier molecular flexibility index (Phi) is 2.80. The van der Waals surface area contributed by atoms with E-state index < -0.39 is 0 Å². The molecule has 0 aliphatic rings. The zero-order chi connectivity index (χ0) is 12.7. The quantitative estimate of drug-likeness (QED) is 0.715. The molecule has 1 atom stereocenters. The molecule has 0 bridgehead atoms. The van der Waals surface area contributed by atoms with Crippen LogP contribution in [0.15, 0.2) is 29.8 Å². The van der Waals surface area contributed by atoms with Gasteiger partial charge in [-0.2, -0.15) is 0 Å². The molecule has 2 heterocycles. The molecule has 18 heavy (non-hydrogen) atoms. The highest BCUT2D eigenvalue weighted by Gasteiger charge is 2.14. The van der Waals surface area contributed by atoms with Crippen molar-refractivity contribution in [2.24, 2.45) is 0 Å². The summed E-state index contributed by atoms with van der Waals surface area (Å²) < 4.78 is 2.88. The summed E-state index contributed by atoms with van der Waals surface area (Å²) in [6, 6.07) is 6.48. The first-order valence-corrected chi connectivity index (χ1v) is 7.06. The van der Waals surface area contributed by atoms with Gasteiger partial charge in [0.25, 0.3) is 0 Å². The van der Waals surface area contributed by atoms with E-state index in [1.54, 1.807) is 11.3 Å². The molecule has 92 valence electrons. The lowest BCUT2D eigenvalue weighted by molar-refractivity contribution is 0.644. The van der Waals surface area contributed by atoms with Crippen molar-refractivity contribution in [1.29, 1.82) is 0 Å². The van der Waals surface area contributed by atoms with Crippen molar-refractivity contribution in [1.82, 2.24) is 14.5 Å². The second-order valence-corrected chi connectivity index (χ2v) is 5.68. The third kappa shape index (κ3) is 1.79. The molecule has 0 spiro atoms. The van der Waals surface area contributed by atoms with Gasteiger partial charge in [0, 0.05) is 11.6 Å². The van der Waals surface area contributed by atoms with Crippen LogP contribution < -0.4 is 0 Å². The van der Waals surface area contributed by atoms with Gasteiger partial charge >= 0.3 is 0 Å². The molecule has 0 amide bonds. The molecule has 5 heteroatoms. The third-order valence-corrected chi connectivity index (χ3v) is 4.31. The number of nitrogens with zero attached hydrogens (tertiary/aromatic N) is 2. The molecule has 0 aliphatic carbocycles. The molecule has 0 radical (unpaired) electrons. The lowest BCUT2D eigenvalue weighted by Gasteiger charge is -2.11. The van der Waals surface area contributed by atoms with E-state index in [1.807, 2.05) is 11.6 Å². The summed E-state index contributed by atoms with van der Waals surface area (Å²) in [5.41, 5.74) is 3.45. The normalized spacial score (nSPS) is 13.0. The number of aryl methyl sites for hydroxylation is 1. The zero-order valence-corrected chi connectivity index (χ0v) is 11.8. The Labute approximate surface area is 114 Å². The number of rotatable bonds is 2. The van der Waals surface area contributed by atoms with Crippen LogP contribution in [0.4, 0.5) is 0 Å². The van der Waals surface area contributed by atoms with Crippen molar-refractivity contribution in [3.63, 3.8) is 0 Å². The lowest BCUT2D eigenvalue weighted by Crippen LogP contribution is -2.06. The Bertz CT molecular complexity index is 737. The molecule has 1 N–H and O–H groups in total. The SMILES string of the molecule is Cc1ccc2[nH]c(=S)n(C(C)c3nccs3)c2c1. The molecule has 3 aromatic rings. The Morgan fingerprint density at radius 2 is 2.28 bits per heavy atom. The summed E-state index contributed by atoms with van der Waals surface area (Å²) in [5, 5.41) is 3.07. The highest BCUT2D eigenvalue weighted by molar-refractivity contribution is 7.71. The van der Waals surface area contributed by atoms with E-state index in [4.69, 9.17) is 12.2 Å². The van der Waals surface area contributed by atoms with E-state index in [-0.39, 0.29) is 6.04 Å². The average molecular weight is 275 g/mol. The van der Waals surface area contributed by atoms with Crippen molar-refractivity contribution >= 4 is 34.6 Å². The molecule has 1 aromatic carbocycles. The minimum absolute atomic E-state index is 0.160.